The van der Waals surface area contributed by atoms with Crippen LogP contribution in [0, 0.1) is 0 Å². The number of anilines is 1. The lowest BCUT2D eigenvalue weighted by Crippen LogP contribution is -2.04. The summed E-state index contributed by atoms with van der Waals surface area (Å²) in [6.07, 6.45) is 3.34. The summed E-state index contributed by atoms with van der Waals surface area (Å²) < 4.78 is 2.15. The molecular weight excluding hydrogens is 198 g/mol. The Kier molecular flexibility index (Phi) is 3.13. The minimum Gasteiger partial charge on any atom is -0.369 e. The maximum Gasteiger partial charge on any atom is 0.201 e. The third-order valence-electron chi connectivity index (χ3n) is 3.00. The summed E-state index contributed by atoms with van der Waals surface area (Å²) in [7, 11) is 0. The minimum absolute atomic E-state index is 0.643. The number of benzene rings is 1. The Balaban J connectivity index is 2.56. The van der Waals surface area contributed by atoms with Crippen molar-refractivity contribution in [2.24, 2.45) is 0 Å². The Morgan fingerprint density at radius 1 is 1.31 bits per heavy atom. The number of hydrogen-bond donors (Lipinski definition) is 1. The lowest BCUT2D eigenvalue weighted by molar-refractivity contribution is 0.651. The topological polar surface area (TPSA) is 43.8 Å². The molecule has 86 valence electrons. The lowest BCUT2D eigenvalue weighted by atomic mass is 10.1. The van der Waals surface area contributed by atoms with Gasteiger partial charge in [-0.25, -0.2) is 4.98 Å². The highest BCUT2D eigenvalue weighted by molar-refractivity contribution is 5.81. The van der Waals surface area contributed by atoms with E-state index in [4.69, 9.17) is 5.73 Å². The molecule has 2 N–H and O–H groups in total. The van der Waals surface area contributed by atoms with Crippen molar-refractivity contribution < 1.29 is 0 Å². The van der Waals surface area contributed by atoms with E-state index in [1.807, 2.05) is 6.07 Å². The molecular formula is C13H19N3. The molecule has 16 heavy (non-hydrogen) atoms. The van der Waals surface area contributed by atoms with Crippen LogP contribution in [0.2, 0.25) is 0 Å². The third-order valence-corrected chi connectivity index (χ3v) is 3.00. The quantitative estimate of drug-likeness (QED) is 0.855. The van der Waals surface area contributed by atoms with Gasteiger partial charge >= 0.3 is 0 Å². The van der Waals surface area contributed by atoms with Gasteiger partial charge in [-0.1, -0.05) is 32.4 Å². The number of rotatable bonds is 4. The van der Waals surface area contributed by atoms with Gasteiger partial charge in [0.1, 0.15) is 0 Å². The normalized spacial score (nSPS) is 11.1. The van der Waals surface area contributed by atoms with Gasteiger partial charge in [0.2, 0.25) is 5.95 Å². The summed E-state index contributed by atoms with van der Waals surface area (Å²) in [5.41, 5.74) is 9.54. The van der Waals surface area contributed by atoms with Crippen molar-refractivity contribution in [2.45, 2.75) is 39.7 Å². The first-order valence-corrected chi connectivity index (χ1v) is 6.01. The molecule has 0 saturated heterocycles. The summed E-state index contributed by atoms with van der Waals surface area (Å²) >= 11 is 0. The summed E-state index contributed by atoms with van der Waals surface area (Å²) in [4.78, 5) is 4.42. The SMILES string of the molecule is CCCCn1c(N)nc2cccc(CC)c21. The zero-order valence-corrected chi connectivity index (χ0v) is 10.0. The number of para-hydroxylation sites is 1. The second kappa shape index (κ2) is 4.56. The number of nitrogens with zero attached hydrogens (tertiary/aromatic N) is 2. The van der Waals surface area contributed by atoms with E-state index in [9.17, 15) is 0 Å². The standard InChI is InChI=1S/C13H19N3/c1-3-5-9-16-12-10(4-2)7-6-8-11(12)15-13(16)14/h6-8H,3-5,9H2,1-2H3,(H2,14,15). The zero-order chi connectivity index (χ0) is 11.5. The first-order valence-electron chi connectivity index (χ1n) is 6.01. The van der Waals surface area contributed by atoms with Gasteiger partial charge in [0.25, 0.3) is 0 Å². The molecule has 1 aromatic heterocycles. The largest absolute Gasteiger partial charge is 0.369 e. The van der Waals surface area contributed by atoms with E-state index in [0.29, 0.717) is 5.95 Å². The maximum atomic E-state index is 5.97. The molecule has 0 aliphatic heterocycles. The molecule has 2 rings (SSSR count). The smallest absolute Gasteiger partial charge is 0.201 e. The van der Waals surface area contributed by atoms with E-state index in [1.165, 1.54) is 17.5 Å². The van der Waals surface area contributed by atoms with Crippen LogP contribution in [-0.4, -0.2) is 9.55 Å². The molecule has 0 bridgehead atoms. The highest BCUT2D eigenvalue weighted by Crippen LogP contribution is 2.22. The lowest BCUT2D eigenvalue weighted by Gasteiger charge is -2.07. The second-order valence-corrected chi connectivity index (χ2v) is 4.11. The second-order valence-electron chi connectivity index (χ2n) is 4.11. The number of unbranched alkanes of at least 4 members (excludes halogenated alkanes) is 1. The third kappa shape index (κ3) is 1.77. The monoisotopic (exact) mass is 217 g/mol. The molecule has 0 amide bonds. The summed E-state index contributed by atoms with van der Waals surface area (Å²) in [6, 6.07) is 6.25. The number of aryl methyl sites for hydroxylation is 2. The number of imidazole rings is 1. The zero-order valence-electron chi connectivity index (χ0n) is 10.0. The van der Waals surface area contributed by atoms with Crippen LogP contribution in [0.5, 0.6) is 0 Å². The highest BCUT2D eigenvalue weighted by atomic mass is 15.1. The predicted octanol–water partition coefficient (Wildman–Crippen LogP) is 2.98. The first-order chi connectivity index (χ1) is 7.77. The van der Waals surface area contributed by atoms with Gasteiger partial charge in [-0.15, -0.1) is 0 Å². The maximum absolute atomic E-state index is 5.97. The molecule has 0 fully saturated rings. The Hall–Kier alpha value is -1.51. The average molecular weight is 217 g/mol. The highest BCUT2D eigenvalue weighted by Gasteiger charge is 2.10. The van der Waals surface area contributed by atoms with Gasteiger partial charge in [0.05, 0.1) is 11.0 Å². The van der Waals surface area contributed by atoms with Crippen LogP contribution in [0.3, 0.4) is 0 Å². The van der Waals surface area contributed by atoms with E-state index < -0.39 is 0 Å². The molecule has 0 unspecified atom stereocenters. The van der Waals surface area contributed by atoms with E-state index >= 15 is 0 Å². The Bertz CT molecular complexity index is 485. The molecule has 0 aliphatic rings. The van der Waals surface area contributed by atoms with Crippen LogP contribution < -0.4 is 5.73 Å². The van der Waals surface area contributed by atoms with E-state index in [0.717, 1.165) is 24.9 Å². The number of nitrogens with two attached hydrogens (primary N) is 1. The van der Waals surface area contributed by atoms with Gasteiger partial charge in [-0.05, 0) is 24.5 Å². The van der Waals surface area contributed by atoms with Crippen molar-refractivity contribution in [1.82, 2.24) is 9.55 Å². The summed E-state index contributed by atoms with van der Waals surface area (Å²) in [5, 5.41) is 0. The fraction of sp³-hybridized carbons (Fsp3) is 0.462. The van der Waals surface area contributed by atoms with Crippen molar-refractivity contribution in [3.05, 3.63) is 23.8 Å². The van der Waals surface area contributed by atoms with Gasteiger partial charge < -0.3 is 10.3 Å². The molecule has 1 aromatic carbocycles. The number of aromatic nitrogens is 2. The predicted molar refractivity (Wildman–Crippen MR) is 68.4 cm³/mol. The van der Waals surface area contributed by atoms with Crippen molar-refractivity contribution in [3.63, 3.8) is 0 Å². The van der Waals surface area contributed by atoms with Crippen LogP contribution in [0.4, 0.5) is 5.95 Å². The summed E-state index contributed by atoms with van der Waals surface area (Å²) in [6.45, 7) is 5.33. The van der Waals surface area contributed by atoms with Crippen LogP contribution in [0.15, 0.2) is 18.2 Å². The van der Waals surface area contributed by atoms with Crippen LogP contribution in [0.25, 0.3) is 11.0 Å². The molecule has 2 aromatic rings. The Morgan fingerprint density at radius 2 is 2.12 bits per heavy atom. The van der Waals surface area contributed by atoms with Gasteiger partial charge in [-0.2, -0.15) is 0 Å². The molecule has 0 atom stereocenters. The molecule has 3 heteroatoms. The molecule has 0 spiro atoms. The fourth-order valence-corrected chi connectivity index (χ4v) is 2.11. The van der Waals surface area contributed by atoms with Crippen LogP contribution >= 0.6 is 0 Å². The van der Waals surface area contributed by atoms with Crippen molar-refractivity contribution in [1.29, 1.82) is 0 Å². The van der Waals surface area contributed by atoms with E-state index in [2.05, 4.69) is 35.5 Å². The van der Waals surface area contributed by atoms with E-state index in [-0.39, 0.29) is 0 Å². The van der Waals surface area contributed by atoms with Gasteiger partial charge in [-0.3, -0.25) is 0 Å². The molecule has 0 saturated carbocycles. The van der Waals surface area contributed by atoms with Crippen molar-refractivity contribution in [2.75, 3.05) is 5.73 Å². The number of hydrogen-bond acceptors (Lipinski definition) is 2. The molecule has 1 heterocycles. The van der Waals surface area contributed by atoms with Crippen molar-refractivity contribution >= 4 is 17.0 Å². The molecule has 0 aliphatic carbocycles. The first kappa shape index (κ1) is 11.0. The molecule has 3 nitrogen and oxygen atoms in total. The van der Waals surface area contributed by atoms with E-state index in [1.54, 1.807) is 0 Å². The number of nitrogen functional groups attached to an aromatic ring is 1. The van der Waals surface area contributed by atoms with Crippen LogP contribution in [0.1, 0.15) is 32.3 Å². The fourth-order valence-electron chi connectivity index (χ4n) is 2.11. The summed E-state index contributed by atoms with van der Waals surface area (Å²) in [5.74, 6) is 0.643. The van der Waals surface area contributed by atoms with Gasteiger partial charge in [0, 0.05) is 6.54 Å². The Labute approximate surface area is 96.3 Å². The Morgan fingerprint density at radius 3 is 2.81 bits per heavy atom. The average Bonchev–Trinajstić information content (AvgIpc) is 2.62. The van der Waals surface area contributed by atoms with Crippen LogP contribution in [-0.2, 0) is 13.0 Å². The van der Waals surface area contributed by atoms with Crippen molar-refractivity contribution in [3.8, 4) is 0 Å². The number of fused-ring (bicyclic) bond motifs is 1. The van der Waals surface area contributed by atoms with Gasteiger partial charge in [0.15, 0.2) is 0 Å². The molecule has 0 radical (unpaired) electrons. The minimum atomic E-state index is 0.643.